The largest absolute Gasteiger partial charge is 0.296 e. The van der Waals surface area contributed by atoms with E-state index in [4.69, 9.17) is 15.9 Å². The van der Waals surface area contributed by atoms with Crippen LogP contribution in [0.4, 0.5) is 0 Å². The molecule has 1 aromatic carbocycles. The van der Waals surface area contributed by atoms with Crippen LogP contribution in [0.3, 0.4) is 0 Å². The first-order valence-electron chi connectivity index (χ1n) is 5.74. The summed E-state index contributed by atoms with van der Waals surface area (Å²) < 4.78 is 24.5. The zero-order valence-electron chi connectivity index (χ0n) is 10.8. The fourth-order valence-corrected chi connectivity index (χ4v) is 2.79. The molecule has 0 fully saturated rings. The molecule has 0 saturated heterocycles. The average molecular weight is 311 g/mol. The predicted octanol–water partition coefficient (Wildman–Crippen LogP) is 2.33. The second-order valence-electron chi connectivity index (χ2n) is 4.40. The van der Waals surface area contributed by atoms with Gasteiger partial charge in [0.15, 0.2) is 5.82 Å². The molecule has 0 N–H and O–H groups in total. The fourth-order valence-electron chi connectivity index (χ4n) is 1.80. The number of rotatable bonds is 3. The minimum Gasteiger partial charge on any atom is -0.294 e. The Labute approximate surface area is 121 Å². The van der Waals surface area contributed by atoms with Gasteiger partial charge in [0.25, 0.3) is 14.2 Å². The fraction of sp³-hybridized carbons (Fsp3) is 0.250. The molecule has 0 aliphatic heterocycles. The number of aromatic nitrogens is 3. The van der Waals surface area contributed by atoms with Gasteiger partial charge in [0.2, 0.25) is 0 Å². The van der Waals surface area contributed by atoms with Gasteiger partial charge in [-0.1, -0.05) is 0 Å². The minimum absolute atomic E-state index is 0.181. The van der Waals surface area contributed by atoms with E-state index in [2.05, 4.69) is 10.2 Å². The lowest BCUT2D eigenvalue weighted by Crippen LogP contribution is -2.10. The average Bonchev–Trinajstić information content (AvgIpc) is 2.83. The van der Waals surface area contributed by atoms with Gasteiger partial charge in [0.05, 0.1) is 11.6 Å². The standard InChI is InChI=1S/C12H11ClN4O2S/c1-8(2)17-11(15-16-12(17)20(13,18)19)10-5-3-9(7-14)4-6-10/h3-6,8H,1-2H3. The molecular formula is C12H11ClN4O2S. The first-order valence-corrected chi connectivity index (χ1v) is 8.05. The van der Waals surface area contributed by atoms with E-state index < -0.39 is 9.05 Å². The number of nitriles is 1. The highest BCUT2D eigenvalue weighted by atomic mass is 35.7. The van der Waals surface area contributed by atoms with Crippen molar-refractivity contribution >= 4 is 19.7 Å². The quantitative estimate of drug-likeness (QED) is 0.812. The maximum atomic E-state index is 11.5. The topological polar surface area (TPSA) is 88.6 Å². The van der Waals surface area contributed by atoms with Crippen LogP contribution in [-0.4, -0.2) is 23.2 Å². The van der Waals surface area contributed by atoms with Gasteiger partial charge < -0.3 is 0 Å². The molecule has 0 aliphatic rings. The molecule has 0 radical (unpaired) electrons. The SMILES string of the molecule is CC(C)n1c(-c2ccc(C#N)cc2)nnc1S(=O)(=O)Cl. The van der Waals surface area contributed by atoms with E-state index >= 15 is 0 Å². The second kappa shape index (κ2) is 5.23. The van der Waals surface area contributed by atoms with Crippen LogP contribution in [0.15, 0.2) is 29.4 Å². The number of benzene rings is 1. The van der Waals surface area contributed by atoms with E-state index in [-0.39, 0.29) is 11.2 Å². The van der Waals surface area contributed by atoms with Crippen LogP contribution in [0.5, 0.6) is 0 Å². The van der Waals surface area contributed by atoms with Gasteiger partial charge in [-0.05, 0) is 38.1 Å². The summed E-state index contributed by atoms with van der Waals surface area (Å²) in [6.07, 6.45) is 0. The maximum Gasteiger partial charge on any atom is 0.296 e. The van der Waals surface area contributed by atoms with Gasteiger partial charge in [-0.25, -0.2) is 8.42 Å². The van der Waals surface area contributed by atoms with E-state index in [0.29, 0.717) is 17.0 Å². The third kappa shape index (κ3) is 2.66. The molecule has 2 rings (SSSR count). The molecule has 1 heterocycles. The maximum absolute atomic E-state index is 11.5. The van der Waals surface area contributed by atoms with Crippen LogP contribution in [0.25, 0.3) is 11.4 Å². The molecule has 104 valence electrons. The molecule has 1 aromatic heterocycles. The Balaban J connectivity index is 2.63. The molecular weight excluding hydrogens is 300 g/mol. The summed E-state index contributed by atoms with van der Waals surface area (Å²) in [6.45, 7) is 3.62. The van der Waals surface area contributed by atoms with Gasteiger partial charge in [0, 0.05) is 22.3 Å². The monoisotopic (exact) mass is 310 g/mol. The molecule has 0 spiro atoms. The highest BCUT2D eigenvalue weighted by Crippen LogP contribution is 2.26. The number of hydrogen-bond donors (Lipinski definition) is 0. The molecule has 0 saturated carbocycles. The third-order valence-corrected chi connectivity index (χ3v) is 3.80. The summed E-state index contributed by atoms with van der Waals surface area (Å²) in [6, 6.07) is 8.46. The van der Waals surface area contributed by atoms with Crippen molar-refractivity contribution in [2.75, 3.05) is 0 Å². The first kappa shape index (κ1) is 14.5. The van der Waals surface area contributed by atoms with Crippen molar-refractivity contribution in [1.29, 1.82) is 5.26 Å². The molecule has 20 heavy (non-hydrogen) atoms. The van der Waals surface area contributed by atoms with Crippen LogP contribution in [0.1, 0.15) is 25.5 Å². The van der Waals surface area contributed by atoms with Crippen molar-refractivity contribution in [1.82, 2.24) is 14.8 Å². The summed E-state index contributed by atoms with van der Waals surface area (Å²) in [7, 11) is 1.39. The number of hydrogen-bond acceptors (Lipinski definition) is 5. The van der Waals surface area contributed by atoms with Crippen molar-refractivity contribution in [3.05, 3.63) is 29.8 Å². The highest BCUT2D eigenvalue weighted by Gasteiger charge is 2.24. The van der Waals surface area contributed by atoms with Crippen molar-refractivity contribution in [3.8, 4) is 17.5 Å². The number of halogens is 1. The van der Waals surface area contributed by atoms with Crippen LogP contribution in [0.2, 0.25) is 0 Å². The van der Waals surface area contributed by atoms with Crippen LogP contribution in [-0.2, 0) is 9.05 Å². The van der Waals surface area contributed by atoms with E-state index in [9.17, 15) is 8.42 Å². The molecule has 8 heteroatoms. The van der Waals surface area contributed by atoms with E-state index in [1.807, 2.05) is 19.9 Å². The van der Waals surface area contributed by atoms with Gasteiger partial charge in [-0.2, -0.15) is 5.26 Å². The molecule has 2 aromatic rings. The molecule has 6 nitrogen and oxygen atoms in total. The minimum atomic E-state index is -3.97. The normalized spacial score (nSPS) is 11.6. The van der Waals surface area contributed by atoms with Gasteiger partial charge >= 0.3 is 0 Å². The zero-order valence-corrected chi connectivity index (χ0v) is 12.4. The third-order valence-electron chi connectivity index (χ3n) is 2.67. The summed E-state index contributed by atoms with van der Waals surface area (Å²) in [4.78, 5) is 0. The first-order chi connectivity index (χ1) is 9.34. The highest BCUT2D eigenvalue weighted by molar-refractivity contribution is 8.13. The summed E-state index contributed by atoms with van der Waals surface area (Å²) in [5.41, 5.74) is 1.17. The molecule has 0 bridgehead atoms. The summed E-state index contributed by atoms with van der Waals surface area (Å²) in [5.74, 6) is 0.392. The van der Waals surface area contributed by atoms with Crippen molar-refractivity contribution < 1.29 is 8.42 Å². The molecule has 0 amide bonds. The summed E-state index contributed by atoms with van der Waals surface area (Å²) >= 11 is 0. The van der Waals surface area contributed by atoms with E-state index in [1.54, 1.807) is 24.3 Å². The van der Waals surface area contributed by atoms with Gasteiger partial charge in [-0.15, -0.1) is 10.2 Å². The predicted molar refractivity (Wildman–Crippen MR) is 73.6 cm³/mol. The summed E-state index contributed by atoms with van der Waals surface area (Å²) in [5, 5.41) is 16.0. The lowest BCUT2D eigenvalue weighted by Gasteiger charge is -2.12. The Bertz CT molecular complexity index is 773. The zero-order chi connectivity index (χ0) is 14.9. The Morgan fingerprint density at radius 1 is 1.25 bits per heavy atom. The van der Waals surface area contributed by atoms with Gasteiger partial charge in [0.1, 0.15) is 0 Å². The molecule has 0 aliphatic carbocycles. The Morgan fingerprint density at radius 2 is 1.85 bits per heavy atom. The van der Waals surface area contributed by atoms with Crippen molar-refractivity contribution in [3.63, 3.8) is 0 Å². The Hall–Kier alpha value is -1.91. The van der Waals surface area contributed by atoms with Gasteiger partial charge in [-0.3, -0.25) is 4.57 Å². The second-order valence-corrected chi connectivity index (χ2v) is 6.86. The van der Waals surface area contributed by atoms with E-state index in [0.717, 1.165) is 0 Å². The Morgan fingerprint density at radius 3 is 2.30 bits per heavy atom. The smallest absolute Gasteiger partial charge is 0.294 e. The van der Waals surface area contributed by atoms with E-state index in [1.165, 1.54) is 4.57 Å². The lowest BCUT2D eigenvalue weighted by molar-refractivity contribution is 0.530. The van der Waals surface area contributed by atoms with Crippen molar-refractivity contribution in [2.24, 2.45) is 0 Å². The van der Waals surface area contributed by atoms with Crippen molar-refractivity contribution in [2.45, 2.75) is 25.0 Å². The van der Waals surface area contributed by atoms with Crippen LogP contribution in [0, 0.1) is 11.3 Å². The number of nitrogens with zero attached hydrogens (tertiary/aromatic N) is 4. The van der Waals surface area contributed by atoms with Crippen LogP contribution < -0.4 is 0 Å². The molecule has 0 atom stereocenters. The lowest BCUT2D eigenvalue weighted by atomic mass is 10.1. The van der Waals surface area contributed by atoms with Crippen LogP contribution >= 0.6 is 10.7 Å². The molecule has 0 unspecified atom stereocenters. The Kier molecular flexibility index (Phi) is 3.79.